The predicted molar refractivity (Wildman–Crippen MR) is 182 cm³/mol. The van der Waals surface area contributed by atoms with Crippen molar-refractivity contribution in [2.75, 3.05) is 26.7 Å². The Morgan fingerprint density at radius 3 is 2.75 bits per heavy atom. The molecule has 244 valence electrons. The number of aromatic nitrogens is 5. The largest absolute Gasteiger partial charge is 0.474 e. The van der Waals surface area contributed by atoms with E-state index in [1.807, 2.05) is 4.68 Å². The van der Waals surface area contributed by atoms with Crippen LogP contribution >= 0.6 is 23.2 Å². The molecule has 10 nitrogen and oxygen atoms in total. The quantitative estimate of drug-likeness (QED) is 0.184. The summed E-state index contributed by atoms with van der Waals surface area (Å²) in [5.41, 5.74) is 2.99. The van der Waals surface area contributed by atoms with Gasteiger partial charge in [-0.1, -0.05) is 34.3 Å². The molecular weight excluding hydrogens is 654 g/mol. The van der Waals surface area contributed by atoms with Gasteiger partial charge in [0.2, 0.25) is 5.88 Å². The third-order valence-electron chi connectivity index (χ3n) is 9.48. The van der Waals surface area contributed by atoms with Gasteiger partial charge in [0.25, 0.3) is 5.91 Å². The number of carbonyl (C=O) groups is 1. The van der Waals surface area contributed by atoms with E-state index in [0.29, 0.717) is 80.9 Å². The molecule has 0 aliphatic carbocycles. The van der Waals surface area contributed by atoms with Crippen LogP contribution in [0.25, 0.3) is 44.0 Å². The highest BCUT2D eigenvalue weighted by Gasteiger charge is 2.34. The average Bonchev–Trinajstić information content (AvgIpc) is 3.72. The Balaban J connectivity index is 1.40. The molecule has 1 amide bonds. The van der Waals surface area contributed by atoms with Gasteiger partial charge in [-0.3, -0.25) is 9.78 Å². The molecule has 5 aromatic rings. The molecule has 0 unspecified atom stereocenters. The monoisotopic (exact) mass is 684 g/mol. The summed E-state index contributed by atoms with van der Waals surface area (Å²) >= 11 is 14.2. The fraction of sp³-hybridized carbons (Fsp3) is 0.371. The summed E-state index contributed by atoms with van der Waals surface area (Å²) in [5, 5.41) is 20.3. The zero-order valence-corrected chi connectivity index (χ0v) is 27.9. The molecule has 48 heavy (non-hydrogen) atoms. The van der Waals surface area contributed by atoms with E-state index in [4.69, 9.17) is 32.9 Å². The van der Waals surface area contributed by atoms with E-state index < -0.39 is 5.82 Å². The van der Waals surface area contributed by atoms with Gasteiger partial charge in [-0.2, -0.15) is 5.26 Å². The van der Waals surface area contributed by atoms with E-state index in [1.54, 1.807) is 42.3 Å². The van der Waals surface area contributed by atoms with Crippen molar-refractivity contribution in [3.05, 3.63) is 52.4 Å². The summed E-state index contributed by atoms with van der Waals surface area (Å²) in [6, 6.07) is 10.0. The lowest BCUT2D eigenvalue weighted by Gasteiger charge is -2.37. The van der Waals surface area contributed by atoms with E-state index in [9.17, 15) is 14.4 Å². The Kier molecular flexibility index (Phi) is 8.78. The third kappa shape index (κ3) is 5.56. The predicted octanol–water partition coefficient (Wildman–Crippen LogP) is 6.58. The highest BCUT2D eigenvalue weighted by atomic mass is 35.5. The number of fused-ring (bicyclic) bond motifs is 4. The van der Waals surface area contributed by atoms with Crippen LogP contribution in [0.4, 0.5) is 4.39 Å². The van der Waals surface area contributed by atoms with Gasteiger partial charge in [-0.05, 0) is 82.5 Å². The lowest BCUT2D eigenvalue weighted by molar-refractivity contribution is -0.129. The van der Waals surface area contributed by atoms with Crippen LogP contribution in [0.2, 0.25) is 10.0 Å². The molecule has 0 spiro atoms. The van der Waals surface area contributed by atoms with Crippen LogP contribution in [-0.2, 0) is 4.79 Å². The molecule has 0 saturated carbocycles. The molecule has 2 aromatic carbocycles. The molecule has 3 atom stereocenters. The van der Waals surface area contributed by atoms with Gasteiger partial charge in [0.05, 0.1) is 39.6 Å². The summed E-state index contributed by atoms with van der Waals surface area (Å²) in [7, 11) is 2.08. The minimum absolute atomic E-state index is 0.159. The first-order chi connectivity index (χ1) is 23.3. The number of amides is 1. The zero-order chi connectivity index (χ0) is 33.5. The lowest BCUT2D eigenvalue weighted by atomic mass is 9.94. The highest BCUT2D eigenvalue weighted by molar-refractivity contribution is 6.44. The van der Waals surface area contributed by atoms with Crippen molar-refractivity contribution < 1.29 is 13.9 Å². The molecule has 2 aliphatic heterocycles. The van der Waals surface area contributed by atoms with E-state index in [1.165, 1.54) is 6.07 Å². The average molecular weight is 686 g/mol. The Labute approximate surface area is 286 Å². The second-order valence-electron chi connectivity index (χ2n) is 12.2. The van der Waals surface area contributed by atoms with Gasteiger partial charge < -0.3 is 14.5 Å². The number of likely N-dealkylation sites (N-methyl/N-ethyl adjacent to an activating group) is 1. The number of hydrogen-bond acceptors (Lipinski definition) is 8. The molecule has 2 saturated heterocycles. The van der Waals surface area contributed by atoms with Crippen molar-refractivity contribution in [3.63, 3.8) is 0 Å². The zero-order valence-electron chi connectivity index (χ0n) is 26.4. The molecule has 2 fully saturated rings. The fourth-order valence-corrected chi connectivity index (χ4v) is 7.75. The number of ether oxygens (including phenoxy) is 1. The first kappa shape index (κ1) is 32.0. The highest BCUT2D eigenvalue weighted by Crippen LogP contribution is 2.45. The van der Waals surface area contributed by atoms with Gasteiger partial charge in [0.15, 0.2) is 5.52 Å². The summed E-state index contributed by atoms with van der Waals surface area (Å²) < 4.78 is 23.0. The van der Waals surface area contributed by atoms with E-state index in [2.05, 4.69) is 45.2 Å². The Morgan fingerprint density at radius 1 is 1.12 bits per heavy atom. The van der Waals surface area contributed by atoms with Crippen molar-refractivity contribution >= 4 is 61.9 Å². The second kappa shape index (κ2) is 13.2. The number of pyridine rings is 2. The summed E-state index contributed by atoms with van der Waals surface area (Å²) in [4.78, 5) is 26.1. The molecule has 0 bridgehead atoms. The maximum Gasteiger partial charge on any atom is 0.298 e. The summed E-state index contributed by atoms with van der Waals surface area (Å²) in [6.07, 6.45) is 4.89. The van der Waals surface area contributed by atoms with Crippen LogP contribution in [-0.4, -0.2) is 79.5 Å². The number of benzene rings is 2. The standard InChI is InChI=1S/C35H31Cl2FN8O2/c1-3-6-28(47)45-16-12-21(17-20(45)11-13-39)46-34-25-18-26(36)29(24-9-10-27(38)23-8-4-14-40-31(23)24)30(37)32(25)41-35(33(34)42-43-46)48-19-22-7-5-15-44(22)2/h4,8-10,14,18,20-22H,5,7,11-12,15-17,19H2,1-2H3/t20-,21+,22+/m1/s1. The van der Waals surface area contributed by atoms with E-state index >= 15 is 0 Å². The van der Waals surface area contributed by atoms with Crippen LogP contribution in [0.3, 0.4) is 0 Å². The SMILES string of the molecule is CC#CC(=O)N1CC[C@H](n2nnc3c(OC[C@@H]4CCCN4C)nc4c(Cl)c(-c5ccc(F)c6cccnc56)c(Cl)cc4c32)C[C@H]1CC#N. The van der Waals surface area contributed by atoms with E-state index in [-0.39, 0.29) is 35.5 Å². The first-order valence-electron chi connectivity index (χ1n) is 15.8. The number of rotatable bonds is 6. The van der Waals surface area contributed by atoms with Crippen LogP contribution in [0.1, 0.15) is 45.1 Å². The Morgan fingerprint density at radius 2 is 1.98 bits per heavy atom. The first-order valence-corrected chi connectivity index (χ1v) is 16.6. The number of halogens is 3. The minimum Gasteiger partial charge on any atom is -0.474 e. The van der Waals surface area contributed by atoms with Crippen molar-refractivity contribution in [1.82, 2.24) is 34.8 Å². The third-order valence-corrected chi connectivity index (χ3v) is 10.1. The molecule has 2 aliphatic rings. The molecular formula is C35H31Cl2FN8O2. The van der Waals surface area contributed by atoms with Crippen molar-refractivity contribution in [1.29, 1.82) is 5.26 Å². The maximum absolute atomic E-state index is 14.8. The van der Waals surface area contributed by atoms with Crippen LogP contribution in [0.15, 0.2) is 36.5 Å². The van der Waals surface area contributed by atoms with Crippen LogP contribution in [0.5, 0.6) is 5.88 Å². The molecule has 0 radical (unpaired) electrons. The van der Waals surface area contributed by atoms with Gasteiger partial charge in [0, 0.05) is 46.7 Å². The fourth-order valence-electron chi connectivity index (χ4n) is 7.05. The topological polar surface area (TPSA) is 113 Å². The van der Waals surface area contributed by atoms with Crippen molar-refractivity contribution in [3.8, 4) is 34.9 Å². The molecule has 3 aromatic heterocycles. The minimum atomic E-state index is -0.401. The number of nitrogens with zero attached hydrogens (tertiary/aromatic N) is 8. The molecule has 13 heteroatoms. The molecule has 5 heterocycles. The molecule has 0 N–H and O–H groups in total. The number of likely N-dealkylation sites (tertiary alicyclic amines) is 2. The number of carbonyl (C=O) groups excluding carboxylic acids is 1. The van der Waals surface area contributed by atoms with Gasteiger partial charge in [-0.15, -0.1) is 5.10 Å². The van der Waals surface area contributed by atoms with Crippen molar-refractivity contribution in [2.24, 2.45) is 0 Å². The normalized spacial score (nSPS) is 19.8. The number of piperidine rings is 1. The second-order valence-corrected chi connectivity index (χ2v) is 13.0. The lowest BCUT2D eigenvalue weighted by Crippen LogP contribution is -2.46. The Bertz CT molecular complexity index is 2190. The molecule has 7 rings (SSSR count). The van der Waals surface area contributed by atoms with Gasteiger partial charge >= 0.3 is 0 Å². The van der Waals surface area contributed by atoms with Crippen LogP contribution < -0.4 is 4.74 Å². The smallest absolute Gasteiger partial charge is 0.298 e. The van der Waals surface area contributed by atoms with Gasteiger partial charge in [0.1, 0.15) is 17.9 Å². The van der Waals surface area contributed by atoms with E-state index in [0.717, 1.165) is 19.4 Å². The summed E-state index contributed by atoms with van der Waals surface area (Å²) in [5.74, 6) is 4.87. The summed E-state index contributed by atoms with van der Waals surface area (Å²) in [6.45, 7) is 3.42. The number of hydrogen-bond donors (Lipinski definition) is 0. The number of nitriles is 1. The van der Waals surface area contributed by atoms with Crippen LogP contribution in [0, 0.1) is 29.0 Å². The van der Waals surface area contributed by atoms with Crippen molar-refractivity contribution in [2.45, 2.75) is 57.2 Å². The maximum atomic E-state index is 14.8. The Hall–Kier alpha value is -4.55. The van der Waals surface area contributed by atoms with Gasteiger partial charge in [-0.25, -0.2) is 14.1 Å².